The molecule has 0 bridgehead atoms. The summed E-state index contributed by atoms with van der Waals surface area (Å²) in [6.45, 7) is 6.64. The molecule has 28 heavy (non-hydrogen) atoms. The average Bonchev–Trinajstić information content (AvgIpc) is 2.69. The second-order valence-electron chi connectivity index (χ2n) is 6.51. The van der Waals surface area contributed by atoms with E-state index in [0.29, 0.717) is 6.61 Å². The molecule has 0 radical (unpaired) electrons. The van der Waals surface area contributed by atoms with Crippen LogP contribution in [0, 0.1) is 13.8 Å². The fraction of sp³-hybridized carbons (Fsp3) is 0.318. The second-order valence-corrected chi connectivity index (χ2v) is 6.51. The third-order valence-electron chi connectivity index (χ3n) is 4.19. The molecule has 2 aromatic rings. The highest BCUT2D eigenvalue weighted by Gasteiger charge is 2.08. The van der Waals surface area contributed by atoms with Gasteiger partial charge in [0.25, 0.3) is 0 Å². The van der Waals surface area contributed by atoms with Crippen LogP contribution < -0.4 is 15.5 Å². The number of aryl methyl sites for hydroxylation is 1. The lowest BCUT2D eigenvalue weighted by Gasteiger charge is -2.10. The molecule has 0 aliphatic carbocycles. The topological polar surface area (TPSA) is 79.8 Å². The Labute approximate surface area is 166 Å². The number of rotatable bonds is 9. The number of nitrogens with zero attached hydrogens (tertiary/aromatic N) is 1. The van der Waals surface area contributed by atoms with Gasteiger partial charge in [-0.2, -0.15) is 5.10 Å². The van der Waals surface area contributed by atoms with Gasteiger partial charge < -0.3 is 10.1 Å². The zero-order chi connectivity index (χ0) is 20.4. The molecule has 0 saturated carbocycles. The Hall–Kier alpha value is -3.15. The second kappa shape index (κ2) is 10.9. The minimum atomic E-state index is -0.314. The normalized spacial score (nSPS) is 10.7. The van der Waals surface area contributed by atoms with Crippen molar-refractivity contribution in [2.24, 2.45) is 5.10 Å². The lowest BCUT2D eigenvalue weighted by atomic mass is 10.1. The molecule has 0 fully saturated rings. The molecule has 2 aromatic carbocycles. The summed E-state index contributed by atoms with van der Waals surface area (Å²) < 4.78 is 5.56. The summed E-state index contributed by atoms with van der Waals surface area (Å²) in [5.74, 6) is 0.250. The van der Waals surface area contributed by atoms with Crippen molar-refractivity contribution in [2.45, 2.75) is 40.0 Å². The SMILES string of the molecule is CCCOc1cccc(C=NNC(=O)CCC(=O)Nc2cccc(C)c2C)c1. The molecular weight excluding hydrogens is 354 g/mol. The van der Waals surface area contributed by atoms with E-state index in [4.69, 9.17) is 4.74 Å². The lowest BCUT2D eigenvalue weighted by molar-refractivity contribution is -0.124. The van der Waals surface area contributed by atoms with E-state index in [1.54, 1.807) is 6.21 Å². The van der Waals surface area contributed by atoms with Crippen molar-refractivity contribution in [2.75, 3.05) is 11.9 Å². The van der Waals surface area contributed by atoms with Gasteiger partial charge in [-0.3, -0.25) is 9.59 Å². The largest absolute Gasteiger partial charge is 0.494 e. The van der Waals surface area contributed by atoms with E-state index in [-0.39, 0.29) is 24.7 Å². The van der Waals surface area contributed by atoms with E-state index in [2.05, 4.69) is 15.8 Å². The van der Waals surface area contributed by atoms with Crippen molar-refractivity contribution in [3.8, 4) is 5.75 Å². The number of carbonyl (C=O) groups is 2. The van der Waals surface area contributed by atoms with Crippen LogP contribution in [0.4, 0.5) is 5.69 Å². The Bertz CT molecular complexity index is 847. The van der Waals surface area contributed by atoms with Gasteiger partial charge in [0.05, 0.1) is 12.8 Å². The Kier molecular flexibility index (Phi) is 8.21. The molecule has 2 N–H and O–H groups in total. The minimum Gasteiger partial charge on any atom is -0.494 e. The molecule has 148 valence electrons. The summed E-state index contributed by atoms with van der Waals surface area (Å²) in [4.78, 5) is 23.9. The van der Waals surface area contributed by atoms with E-state index in [1.165, 1.54) is 0 Å². The molecule has 0 heterocycles. The Morgan fingerprint density at radius 2 is 1.82 bits per heavy atom. The summed E-state index contributed by atoms with van der Waals surface area (Å²) in [6, 6.07) is 13.2. The van der Waals surface area contributed by atoms with Crippen molar-refractivity contribution in [1.29, 1.82) is 0 Å². The number of ether oxygens (including phenoxy) is 1. The number of hydrogen-bond acceptors (Lipinski definition) is 4. The zero-order valence-corrected chi connectivity index (χ0v) is 16.6. The monoisotopic (exact) mass is 381 g/mol. The number of anilines is 1. The van der Waals surface area contributed by atoms with Crippen LogP contribution in [0.2, 0.25) is 0 Å². The van der Waals surface area contributed by atoms with Crippen LogP contribution >= 0.6 is 0 Å². The van der Waals surface area contributed by atoms with E-state index in [9.17, 15) is 9.59 Å². The quantitative estimate of drug-likeness (QED) is 0.510. The molecule has 0 aliphatic heterocycles. The highest BCUT2D eigenvalue weighted by atomic mass is 16.5. The Balaban J connectivity index is 1.77. The van der Waals surface area contributed by atoms with Crippen molar-refractivity contribution >= 4 is 23.7 Å². The van der Waals surface area contributed by atoms with Gasteiger partial charge >= 0.3 is 0 Å². The molecule has 6 heteroatoms. The van der Waals surface area contributed by atoms with E-state index in [1.807, 2.05) is 63.2 Å². The summed E-state index contributed by atoms with van der Waals surface area (Å²) in [5.41, 5.74) is 6.16. The molecule has 2 rings (SSSR count). The number of amides is 2. The first-order valence-corrected chi connectivity index (χ1v) is 9.40. The average molecular weight is 381 g/mol. The van der Waals surface area contributed by atoms with Crippen molar-refractivity contribution in [3.63, 3.8) is 0 Å². The van der Waals surface area contributed by atoms with Gasteiger partial charge in [-0.1, -0.05) is 31.2 Å². The molecule has 0 saturated heterocycles. The van der Waals surface area contributed by atoms with E-state index in [0.717, 1.165) is 34.5 Å². The van der Waals surface area contributed by atoms with Crippen LogP contribution in [-0.2, 0) is 9.59 Å². The van der Waals surface area contributed by atoms with E-state index >= 15 is 0 Å². The fourth-order valence-electron chi connectivity index (χ4n) is 2.47. The lowest BCUT2D eigenvalue weighted by Crippen LogP contribution is -2.21. The number of nitrogens with one attached hydrogen (secondary N) is 2. The first-order chi connectivity index (χ1) is 13.5. The highest BCUT2D eigenvalue weighted by Crippen LogP contribution is 2.18. The predicted octanol–water partition coefficient (Wildman–Crippen LogP) is 3.96. The molecule has 0 atom stereocenters. The van der Waals surface area contributed by atoms with Crippen molar-refractivity contribution in [3.05, 3.63) is 59.2 Å². The molecule has 0 spiro atoms. The van der Waals surface area contributed by atoms with E-state index < -0.39 is 0 Å². The maximum absolute atomic E-state index is 12.1. The maximum atomic E-state index is 12.1. The van der Waals surface area contributed by atoms with Crippen molar-refractivity contribution < 1.29 is 14.3 Å². The van der Waals surface area contributed by atoms with Gasteiger partial charge in [-0.25, -0.2) is 5.43 Å². The van der Waals surface area contributed by atoms with Gasteiger partial charge in [0, 0.05) is 18.5 Å². The number of hydrogen-bond donors (Lipinski definition) is 2. The highest BCUT2D eigenvalue weighted by molar-refractivity contribution is 5.94. The smallest absolute Gasteiger partial charge is 0.240 e. The summed E-state index contributed by atoms with van der Waals surface area (Å²) in [6.07, 6.45) is 2.64. The fourth-order valence-corrected chi connectivity index (χ4v) is 2.47. The number of carbonyl (C=O) groups excluding carboxylic acids is 2. The Morgan fingerprint density at radius 3 is 2.61 bits per heavy atom. The molecule has 0 aliphatic rings. The molecule has 0 aromatic heterocycles. The van der Waals surface area contributed by atoms with Gasteiger partial charge in [-0.15, -0.1) is 0 Å². The molecule has 2 amide bonds. The van der Waals surface area contributed by atoms with Gasteiger partial charge in [-0.05, 0) is 55.2 Å². The molecule has 6 nitrogen and oxygen atoms in total. The predicted molar refractivity (Wildman–Crippen MR) is 112 cm³/mol. The summed E-state index contributed by atoms with van der Waals surface area (Å²) in [5, 5.41) is 6.78. The standard InChI is InChI=1S/C22H27N3O3/c1-4-13-28-19-9-6-8-18(14-19)15-23-25-22(27)12-11-21(26)24-20-10-5-7-16(2)17(20)3/h5-10,14-15H,4,11-13H2,1-3H3,(H,24,26)(H,25,27). The van der Waals surface area contributed by atoms with Crippen LogP contribution in [-0.4, -0.2) is 24.6 Å². The summed E-state index contributed by atoms with van der Waals surface area (Å²) >= 11 is 0. The van der Waals surface area contributed by atoms with Gasteiger partial charge in [0.15, 0.2) is 0 Å². The van der Waals surface area contributed by atoms with Crippen LogP contribution in [0.5, 0.6) is 5.75 Å². The van der Waals surface area contributed by atoms with Crippen LogP contribution in [0.3, 0.4) is 0 Å². The molecule has 0 unspecified atom stereocenters. The van der Waals surface area contributed by atoms with Crippen LogP contribution in [0.25, 0.3) is 0 Å². The van der Waals surface area contributed by atoms with Gasteiger partial charge in [0.1, 0.15) is 5.75 Å². The van der Waals surface area contributed by atoms with Crippen LogP contribution in [0.15, 0.2) is 47.6 Å². The maximum Gasteiger partial charge on any atom is 0.240 e. The first-order valence-electron chi connectivity index (χ1n) is 9.40. The van der Waals surface area contributed by atoms with Crippen LogP contribution in [0.1, 0.15) is 42.9 Å². The first kappa shape index (κ1) is 21.2. The van der Waals surface area contributed by atoms with Gasteiger partial charge in [0.2, 0.25) is 11.8 Å². The zero-order valence-electron chi connectivity index (χ0n) is 16.6. The summed E-state index contributed by atoms with van der Waals surface area (Å²) in [7, 11) is 0. The van der Waals surface area contributed by atoms with Crippen molar-refractivity contribution in [1.82, 2.24) is 5.43 Å². The minimum absolute atomic E-state index is 0.0632. The third-order valence-corrected chi connectivity index (χ3v) is 4.19. The number of benzene rings is 2. The Morgan fingerprint density at radius 1 is 1.07 bits per heavy atom. The third kappa shape index (κ3) is 6.87. The molecular formula is C22H27N3O3. The number of hydrazone groups is 1.